The number of hydrogen-bond acceptors (Lipinski definition) is 5. The van der Waals surface area contributed by atoms with E-state index in [0.717, 1.165) is 58.9 Å². The highest BCUT2D eigenvalue weighted by atomic mass is 16.5. The lowest BCUT2D eigenvalue weighted by atomic mass is 10.0. The number of nitrogens with one attached hydrogen (secondary N) is 1. The maximum atomic E-state index is 6.46. The van der Waals surface area contributed by atoms with Crippen molar-refractivity contribution in [3.63, 3.8) is 0 Å². The van der Waals surface area contributed by atoms with Crippen molar-refractivity contribution in [1.29, 1.82) is 0 Å². The first kappa shape index (κ1) is 22.5. The Labute approximate surface area is 210 Å². The molecule has 0 amide bonds. The summed E-state index contributed by atoms with van der Waals surface area (Å²) in [6.07, 6.45) is 5.44. The lowest BCUT2D eigenvalue weighted by Gasteiger charge is -2.35. The van der Waals surface area contributed by atoms with E-state index in [9.17, 15) is 0 Å². The van der Waals surface area contributed by atoms with Gasteiger partial charge in [0, 0.05) is 36.6 Å². The van der Waals surface area contributed by atoms with Gasteiger partial charge in [-0.15, -0.1) is 0 Å². The van der Waals surface area contributed by atoms with E-state index in [1.165, 1.54) is 5.56 Å². The van der Waals surface area contributed by atoms with E-state index in [2.05, 4.69) is 75.5 Å². The standard InChI is InChI=1S/C30H28N4O2/c1-3-8-22(9-4-1)19-34-16-17-35-20-24(34)21-36-27-18-31-15-13-25(27)29-28(23-10-5-2-6-11-23)30-26(33-29)12-7-14-32-30/h1-15,18,24,33H,16-17,19-21H2. The Bertz CT molecular complexity index is 1440. The third kappa shape index (κ3) is 4.61. The normalized spacial score (nSPS) is 16.3. The molecule has 0 bridgehead atoms. The van der Waals surface area contributed by atoms with Crippen LogP contribution in [0.2, 0.25) is 0 Å². The molecule has 3 aromatic heterocycles. The Hall–Kier alpha value is -4.00. The van der Waals surface area contributed by atoms with Gasteiger partial charge in [0.25, 0.3) is 0 Å². The molecule has 1 saturated heterocycles. The van der Waals surface area contributed by atoms with Gasteiger partial charge in [-0.25, -0.2) is 0 Å². The van der Waals surface area contributed by atoms with E-state index < -0.39 is 0 Å². The first-order valence-corrected chi connectivity index (χ1v) is 12.3. The molecule has 6 heteroatoms. The number of aromatic nitrogens is 3. The van der Waals surface area contributed by atoms with Gasteiger partial charge in [-0.1, -0.05) is 60.7 Å². The maximum Gasteiger partial charge on any atom is 0.146 e. The minimum atomic E-state index is 0.157. The second kappa shape index (κ2) is 10.3. The van der Waals surface area contributed by atoms with Crippen LogP contribution in [0.4, 0.5) is 0 Å². The minimum Gasteiger partial charge on any atom is -0.490 e. The van der Waals surface area contributed by atoms with Crippen molar-refractivity contribution < 1.29 is 9.47 Å². The Morgan fingerprint density at radius 3 is 2.64 bits per heavy atom. The summed E-state index contributed by atoms with van der Waals surface area (Å²) in [7, 11) is 0. The van der Waals surface area contributed by atoms with Gasteiger partial charge in [0.15, 0.2) is 0 Å². The topological polar surface area (TPSA) is 63.3 Å². The van der Waals surface area contributed by atoms with Gasteiger partial charge in [-0.2, -0.15) is 0 Å². The average Bonchev–Trinajstić information content (AvgIpc) is 3.33. The summed E-state index contributed by atoms with van der Waals surface area (Å²) in [6.45, 7) is 3.67. The third-order valence-electron chi connectivity index (χ3n) is 6.68. The van der Waals surface area contributed by atoms with Crippen LogP contribution < -0.4 is 4.74 Å². The summed E-state index contributed by atoms with van der Waals surface area (Å²) < 4.78 is 12.3. The monoisotopic (exact) mass is 476 g/mol. The second-order valence-electron chi connectivity index (χ2n) is 9.01. The Morgan fingerprint density at radius 1 is 0.944 bits per heavy atom. The fraction of sp³-hybridized carbons (Fsp3) is 0.200. The first-order valence-electron chi connectivity index (χ1n) is 12.3. The van der Waals surface area contributed by atoms with Gasteiger partial charge < -0.3 is 14.5 Å². The summed E-state index contributed by atoms with van der Waals surface area (Å²) in [6, 6.07) is 27.1. The highest BCUT2D eigenvalue weighted by molar-refractivity contribution is 6.02. The number of morpholine rings is 1. The molecule has 6 rings (SSSR count). The molecule has 1 aliphatic heterocycles. The molecule has 0 radical (unpaired) electrons. The van der Waals surface area contributed by atoms with Crippen molar-refractivity contribution >= 4 is 11.0 Å². The van der Waals surface area contributed by atoms with Gasteiger partial charge in [-0.3, -0.25) is 14.9 Å². The summed E-state index contributed by atoms with van der Waals surface area (Å²) in [5, 5.41) is 0. The van der Waals surface area contributed by atoms with E-state index in [1.807, 2.05) is 24.4 Å². The highest BCUT2D eigenvalue weighted by Gasteiger charge is 2.25. The van der Waals surface area contributed by atoms with Crippen LogP contribution in [-0.4, -0.2) is 52.3 Å². The number of H-pyrrole nitrogens is 1. The molecule has 0 saturated carbocycles. The van der Waals surface area contributed by atoms with Crippen molar-refractivity contribution in [2.45, 2.75) is 12.6 Å². The van der Waals surface area contributed by atoms with Crippen LogP contribution in [0.3, 0.4) is 0 Å². The number of rotatable bonds is 7. The van der Waals surface area contributed by atoms with E-state index in [-0.39, 0.29) is 6.04 Å². The SMILES string of the molecule is c1ccc(CN2CCOCC2COc2cnccc2-c2[nH]c3cccnc3c2-c2ccccc2)cc1. The molecule has 0 aliphatic carbocycles. The van der Waals surface area contributed by atoms with Crippen LogP contribution in [0.25, 0.3) is 33.4 Å². The van der Waals surface area contributed by atoms with Crippen LogP contribution in [0.1, 0.15) is 5.56 Å². The predicted molar refractivity (Wildman–Crippen MR) is 142 cm³/mol. The zero-order valence-corrected chi connectivity index (χ0v) is 20.0. The number of pyridine rings is 2. The summed E-state index contributed by atoms with van der Waals surface area (Å²) in [4.78, 5) is 15.1. The van der Waals surface area contributed by atoms with Crippen LogP contribution in [0, 0.1) is 0 Å². The highest BCUT2D eigenvalue weighted by Crippen LogP contribution is 2.40. The third-order valence-corrected chi connectivity index (χ3v) is 6.68. The Balaban J connectivity index is 1.31. The molecule has 2 aromatic carbocycles. The number of aromatic amines is 1. The number of benzene rings is 2. The summed E-state index contributed by atoms with van der Waals surface area (Å²) in [5.74, 6) is 0.742. The van der Waals surface area contributed by atoms with Gasteiger partial charge in [0.05, 0.1) is 42.2 Å². The largest absolute Gasteiger partial charge is 0.490 e. The molecule has 1 aliphatic rings. The van der Waals surface area contributed by atoms with Crippen molar-refractivity contribution in [1.82, 2.24) is 19.9 Å². The van der Waals surface area contributed by atoms with Gasteiger partial charge in [-0.05, 0) is 29.3 Å². The van der Waals surface area contributed by atoms with Crippen LogP contribution in [0.5, 0.6) is 5.75 Å². The van der Waals surface area contributed by atoms with E-state index in [1.54, 1.807) is 12.4 Å². The quantitative estimate of drug-likeness (QED) is 0.333. The Morgan fingerprint density at radius 2 is 1.78 bits per heavy atom. The number of ether oxygens (including phenoxy) is 2. The van der Waals surface area contributed by atoms with E-state index >= 15 is 0 Å². The molecule has 1 N–H and O–H groups in total. The minimum absolute atomic E-state index is 0.157. The molecule has 1 unspecified atom stereocenters. The van der Waals surface area contributed by atoms with Gasteiger partial charge in [0.1, 0.15) is 12.4 Å². The molecule has 36 heavy (non-hydrogen) atoms. The van der Waals surface area contributed by atoms with E-state index in [4.69, 9.17) is 14.5 Å². The Kier molecular flexibility index (Phi) is 6.44. The molecule has 5 aromatic rings. The molecule has 1 fully saturated rings. The van der Waals surface area contributed by atoms with Crippen LogP contribution in [0.15, 0.2) is 97.5 Å². The molecule has 1 atom stereocenters. The van der Waals surface area contributed by atoms with Crippen LogP contribution >= 0.6 is 0 Å². The second-order valence-corrected chi connectivity index (χ2v) is 9.01. The fourth-order valence-electron chi connectivity index (χ4n) is 4.87. The first-order chi connectivity index (χ1) is 17.9. The van der Waals surface area contributed by atoms with Crippen molar-refractivity contribution in [2.75, 3.05) is 26.4 Å². The van der Waals surface area contributed by atoms with Crippen molar-refractivity contribution in [3.8, 4) is 28.1 Å². The molecule has 0 spiro atoms. The van der Waals surface area contributed by atoms with E-state index in [0.29, 0.717) is 13.2 Å². The fourth-order valence-corrected chi connectivity index (χ4v) is 4.87. The molecular weight excluding hydrogens is 448 g/mol. The van der Waals surface area contributed by atoms with Crippen molar-refractivity contribution in [2.24, 2.45) is 0 Å². The lowest BCUT2D eigenvalue weighted by Crippen LogP contribution is -2.48. The number of nitrogens with zero attached hydrogens (tertiary/aromatic N) is 3. The predicted octanol–water partition coefficient (Wildman–Crippen LogP) is 5.57. The zero-order chi connectivity index (χ0) is 24.2. The smallest absolute Gasteiger partial charge is 0.146 e. The average molecular weight is 477 g/mol. The zero-order valence-electron chi connectivity index (χ0n) is 20.0. The maximum absolute atomic E-state index is 6.46. The van der Waals surface area contributed by atoms with Gasteiger partial charge in [0.2, 0.25) is 0 Å². The summed E-state index contributed by atoms with van der Waals surface area (Å²) >= 11 is 0. The van der Waals surface area contributed by atoms with Crippen LogP contribution in [-0.2, 0) is 11.3 Å². The molecular formula is C30H28N4O2. The van der Waals surface area contributed by atoms with Crippen molar-refractivity contribution in [3.05, 3.63) is 103 Å². The molecule has 4 heterocycles. The number of fused-ring (bicyclic) bond motifs is 1. The lowest BCUT2D eigenvalue weighted by molar-refractivity contribution is -0.0273. The molecule has 6 nitrogen and oxygen atoms in total. The number of hydrogen-bond donors (Lipinski definition) is 1. The summed E-state index contributed by atoms with van der Waals surface area (Å²) in [5.41, 5.74) is 7.34. The molecule has 180 valence electrons. The van der Waals surface area contributed by atoms with Gasteiger partial charge >= 0.3 is 0 Å².